The molecular weight excluding hydrogens is 352 g/mol. The van der Waals surface area contributed by atoms with Crippen LogP contribution in [0.2, 0.25) is 0 Å². The summed E-state index contributed by atoms with van der Waals surface area (Å²) in [6.45, 7) is 11.8. The molecular formula is C22H36N4O2. The lowest BCUT2D eigenvalue weighted by atomic mass is 10.1. The number of morpholine rings is 1. The Hall–Kier alpha value is -1.79. The Kier molecular flexibility index (Phi) is 7.98. The molecule has 6 heteroatoms. The highest BCUT2D eigenvalue weighted by molar-refractivity contribution is 5.80. The molecule has 3 rings (SSSR count). The molecule has 0 radical (unpaired) electrons. The van der Waals surface area contributed by atoms with Crippen LogP contribution < -0.4 is 10.1 Å². The highest BCUT2D eigenvalue weighted by Gasteiger charge is 2.30. The largest absolute Gasteiger partial charge is 0.493 e. The second-order valence-electron chi connectivity index (χ2n) is 8.08. The normalized spacial score (nSPS) is 21.4. The van der Waals surface area contributed by atoms with E-state index in [4.69, 9.17) is 9.47 Å². The summed E-state index contributed by atoms with van der Waals surface area (Å²) < 4.78 is 11.5. The third kappa shape index (κ3) is 5.85. The van der Waals surface area contributed by atoms with Crippen molar-refractivity contribution in [2.24, 2.45) is 10.9 Å². The van der Waals surface area contributed by atoms with Gasteiger partial charge in [0.25, 0.3) is 0 Å². The van der Waals surface area contributed by atoms with E-state index in [0.717, 1.165) is 70.7 Å². The molecule has 0 bridgehead atoms. The zero-order chi connectivity index (χ0) is 19.8. The van der Waals surface area contributed by atoms with E-state index in [-0.39, 0.29) is 0 Å². The van der Waals surface area contributed by atoms with E-state index >= 15 is 0 Å². The number of likely N-dealkylation sites (tertiary alicyclic amines) is 1. The molecule has 2 saturated heterocycles. The van der Waals surface area contributed by atoms with E-state index in [0.29, 0.717) is 12.0 Å². The predicted molar refractivity (Wildman–Crippen MR) is 114 cm³/mol. The number of para-hydroxylation sites is 1. The maximum atomic E-state index is 6.02. The molecule has 1 aromatic rings. The van der Waals surface area contributed by atoms with E-state index in [9.17, 15) is 0 Å². The summed E-state index contributed by atoms with van der Waals surface area (Å²) in [5, 5.41) is 3.54. The van der Waals surface area contributed by atoms with Crippen LogP contribution in [0.5, 0.6) is 5.75 Å². The van der Waals surface area contributed by atoms with Gasteiger partial charge >= 0.3 is 0 Å². The van der Waals surface area contributed by atoms with Crippen LogP contribution in [0.25, 0.3) is 0 Å². The first kappa shape index (κ1) is 20.9. The smallest absolute Gasteiger partial charge is 0.193 e. The Morgan fingerprint density at radius 1 is 1.25 bits per heavy atom. The number of hydrogen-bond acceptors (Lipinski definition) is 4. The van der Waals surface area contributed by atoms with Crippen LogP contribution >= 0.6 is 0 Å². The summed E-state index contributed by atoms with van der Waals surface area (Å²) in [5.74, 6) is 2.60. The Balaban J connectivity index is 1.52. The van der Waals surface area contributed by atoms with Gasteiger partial charge in [0.1, 0.15) is 5.75 Å². The third-order valence-corrected chi connectivity index (χ3v) is 5.60. The molecule has 1 N–H and O–H groups in total. The molecule has 0 spiro atoms. The minimum absolute atomic E-state index is 0.606. The Morgan fingerprint density at radius 3 is 2.79 bits per heavy atom. The van der Waals surface area contributed by atoms with Crippen LogP contribution in [0, 0.1) is 5.92 Å². The fourth-order valence-corrected chi connectivity index (χ4v) is 3.88. The van der Waals surface area contributed by atoms with E-state index in [1.165, 1.54) is 12.0 Å². The summed E-state index contributed by atoms with van der Waals surface area (Å²) in [6.07, 6.45) is 2.26. The maximum Gasteiger partial charge on any atom is 0.193 e. The van der Waals surface area contributed by atoms with Crippen LogP contribution in [0.3, 0.4) is 0 Å². The topological polar surface area (TPSA) is 49.3 Å². The standard InChI is InChI=1S/C22H36N4O2/c1-18(2)9-13-28-21-7-5-4-6-19(21)16-24-22(23-3)26-10-8-20(17-26)25-11-14-27-15-12-25/h4-7,18,20H,8-17H2,1-3H3,(H,23,24). The molecule has 0 saturated carbocycles. The molecule has 1 unspecified atom stereocenters. The van der Waals surface area contributed by atoms with Crippen molar-refractivity contribution < 1.29 is 9.47 Å². The number of nitrogens with one attached hydrogen (secondary N) is 1. The van der Waals surface area contributed by atoms with Crippen LogP contribution in [-0.4, -0.2) is 74.8 Å². The quantitative estimate of drug-likeness (QED) is 0.575. The number of nitrogens with zero attached hydrogens (tertiary/aromatic N) is 3. The molecule has 2 fully saturated rings. The first-order valence-corrected chi connectivity index (χ1v) is 10.7. The van der Waals surface area contributed by atoms with Crippen LogP contribution in [-0.2, 0) is 11.3 Å². The fourth-order valence-electron chi connectivity index (χ4n) is 3.88. The molecule has 0 aromatic heterocycles. The van der Waals surface area contributed by atoms with Crippen molar-refractivity contribution in [1.29, 1.82) is 0 Å². The minimum Gasteiger partial charge on any atom is -0.493 e. The Labute approximate surface area is 169 Å². The monoisotopic (exact) mass is 388 g/mol. The van der Waals surface area contributed by atoms with E-state index < -0.39 is 0 Å². The average molecular weight is 389 g/mol. The van der Waals surface area contributed by atoms with Crippen molar-refractivity contribution in [2.45, 2.75) is 39.3 Å². The number of ether oxygens (including phenoxy) is 2. The van der Waals surface area contributed by atoms with Gasteiger partial charge in [-0.3, -0.25) is 9.89 Å². The highest BCUT2D eigenvalue weighted by atomic mass is 16.5. The zero-order valence-electron chi connectivity index (χ0n) is 17.7. The fraction of sp³-hybridized carbons (Fsp3) is 0.682. The first-order valence-electron chi connectivity index (χ1n) is 10.7. The second-order valence-corrected chi connectivity index (χ2v) is 8.08. The van der Waals surface area contributed by atoms with Crippen molar-refractivity contribution in [3.05, 3.63) is 29.8 Å². The summed E-state index contributed by atoms with van der Waals surface area (Å²) in [5.41, 5.74) is 1.18. The molecule has 2 heterocycles. The van der Waals surface area contributed by atoms with Gasteiger partial charge in [-0.15, -0.1) is 0 Å². The van der Waals surface area contributed by atoms with Crippen LogP contribution in [0.4, 0.5) is 0 Å². The second kappa shape index (κ2) is 10.7. The molecule has 6 nitrogen and oxygen atoms in total. The summed E-state index contributed by atoms with van der Waals surface area (Å²) in [7, 11) is 1.87. The molecule has 28 heavy (non-hydrogen) atoms. The molecule has 2 aliphatic heterocycles. The highest BCUT2D eigenvalue weighted by Crippen LogP contribution is 2.20. The first-order chi connectivity index (χ1) is 13.7. The Bertz CT molecular complexity index is 629. The van der Waals surface area contributed by atoms with Crippen molar-refractivity contribution in [2.75, 3.05) is 53.0 Å². The van der Waals surface area contributed by atoms with Gasteiger partial charge in [0.05, 0.1) is 19.8 Å². The number of aliphatic imine (C=N–C) groups is 1. The van der Waals surface area contributed by atoms with Crippen molar-refractivity contribution in [1.82, 2.24) is 15.1 Å². The number of guanidine groups is 1. The summed E-state index contributed by atoms with van der Waals surface area (Å²) >= 11 is 0. The maximum absolute atomic E-state index is 6.02. The summed E-state index contributed by atoms with van der Waals surface area (Å²) in [6, 6.07) is 8.90. The van der Waals surface area contributed by atoms with Gasteiger partial charge in [0.15, 0.2) is 5.96 Å². The van der Waals surface area contributed by atoms with Crippen molar-refractivity contribution >= 4 is 5.96 Å². The lowest BCUT2D eigenvalue weighted by molar-refractivity contribution is 0.0195. The van der Waals surface area contributed by atoms with Gasteiger partial charge in [0.2, 0.25) is 0 Å². The molecule has 2 aliphatic rings. The van der Waals surface area contributed by atoms with Gasteiger partial charge < -0.3 is 19.7 Å². The van der Waals surface area contributed by atoms with E-state index in [2.05, 4.69) is 52.2 Å². The molecule has 1 atom stereocenters. The van der Waals surface area contributed by atoms with Crippen LogP contribution in [0.1, 0.15) is 32.3 Å². The average Bonchev–Trinajstić information content (AvgIpc) is 3.20. The predicted octanol–water partition coefficient (Wildman–Crippen LogP) is 2.59. The molecule has 0 aliphatic carbocycles. The van der Waals surface area contributed by atoms with Gasteiger partial charge in [-0.1, -0.05) is 32.0 Å². The van der Waals surface area contributed by atoms with Gasteiger partial charge in [-0.05, 0) is 24.8 Å². The number of rotatable bonds is 7. The van der Waals surface area contributed by atoms with E-state index in [1.54, 1.807) is 0 Å². The third-order valence-electron chi connectivity index (χ3n) is 5.60. The molecule has 156 valence electrons. The van der Waals surface area contributed by atoms with Crippen molar-refractivity contribution in [3.8, 4) is 5.75 Å². The lowest BCUT2D eigenvalue weighted by Gasteiger charge is -2.32. The molecule has 1 aromatic carbocycles. The van der Waals surface area contributed by atoms with Gasteiger partial charge in [0, 0.05) is 51.4 Å². The molecule has 0 amide bonds. The number of hydrogen-bond donors (Lipinski definition) is 1. The summed E-state index contributed by atoms with van der Waals surface area (Å²) in [4.78, 5) is 9.47. The lowest BCUT2D eigenvalue weighted by Crippen LogP contribution is -2.46. The van der Waals surface area contributed by atoms with Gasteiger partial charge in [-0.25, -0.2) is 0 Å². The van der Waals surface area contributed by atoms with Crippen LogP contribution in [0.15, 0.2) is 29.3 Å². The Morgan fingerprint density at radius 2 is 2.04 bits per heavy atom. The minimum atomic E-state index is 0.606. The van der Waals surface area contributed by atoms with Crippen molar-refractivity contribution in [3.63, 3.8) is 0 Å². The van der Waals surface area contributed by atoms with E-state index in [1.807, 2.05) is 13.1 Å². The van der Waals surface area contributed by atoms with Gasteiger partial charge in [-0.2, -0.15) is 0 Å². The zero-order valence-corrected chi connectivity index (χ0v) is 17.7. The number of benzene rings is 1. The SMILES string of the molecule is CN=C(NCc1ccccc1OCCC(C)C)N1CCC(N2CCOCC2)C1.